The Kier molecular flexibility index (Phi) is 10.3. The average Bonchev–Trinajstić information content (AvgIpc) is 3.95. The number of hydrogen-bond donors (Lipinski definition) is 2. The van der Waals surface area contributed by atoms with Crippen LogP contribution in [-0.4, -0.2) is 121 Å². The molecule has 0 radical (unpaired) electrons. The van der Waals surface area contributed by atoms with E-state index in [2.05, 4.69) is 43.1 Å². The fourth-order valence-electron chi connectivity index (χ4n) is 10.1. The lowest BCUT2D eigenvalue weighted by atomic mass is 9.77. The molecule has 302 valence electrons. The van der Waals surface area contributed by atoms with Crippen LogP contribution in [0.25, 0.3) is 0 Å². The highest BCUT2D eigenvalue weighted by Crippen LogP contribution is 2.43. The molecule has 3 aromatic rings. The minimum absolute atomic E-state index is 0.0832. The number of imide groups is 1. The number of aliphatic hydroxyl groups is 1. The molecule has 6 aliphatic rings. The molecule has 0 saturated carbocycles. The lowest BCUT2D eigenvalue weighted by Gasteiger charge is -2.40. The number of rotatable bonds is 7. The second kappa shape index (κ2) is 15.5. The van der Waals surface area contributed by atoms with E-state index in [0.717, 1.165) is 102 Å². The number of fused-ring (bicyclic) bond motifs is 1. The molecule has 14 heteroatoms. The van der Waals surface area contributed by atoms with Gasteiger partial charge in [-0.25, -0.2) is 0 Å². The number of carbonyl (C=O) groups is 4. The fourth-order valence-corrected chi connectivity index (χ4v) is 10.3. The summed E-state index contributed by atoms with van der Waals surface area (Å²) < 4.78 is 0. The third kappa shape index (κ3) is 7.27. The number of benzene rings is 3. The molecule has 5 saturated heterocycles. The monoisotopic (exact) mass is 804 g/mol. The van der Waals surface area contributed by atoms with Gasteiger partial charge in [0.2, 0.25) is 11.8 Å². The van der Waals surface area contributed by atoms with Gasteiger partial charge < -0.3 is 24.7 Å². The van der Waals surface area contributed by atoms with Gasteiger partial charge in [-0.05, 0) is 104 Å². The molecule has 0 bridgehead atoms. The Labute approximate surface area is 343 Å². The highest BCUT2D eigenvalue weighted by Gasteiger charge is 2.45. The van der Waals surface area contributed by atoms with Gasteiger partial charge >= 0.3 is 0 Å². The summed E-state index contributed by atoms with van der Waals surface area (Å²) in [4.78, 5) is 63.7. The summed E-state index contributed by atoms with van der Waals surface area (Å²) >= 11 is 6.32. The molecule has 6 heterocycles. The molecule has 58 heavy (non-hydrogen) atoms. The average molecular weight is 805 g/mol. The highest BCUT2D eigenvalue weighted by atomic mass is 35.5. The molecule has 0 aromatic heterocycles. The Bertz CT molecular complexity index is 2160. The summed E-state index contributed by atoms with van der Waals surface area (Å²) in [7, 11) is 0. The fraction of sp³-hybridized carbons (Fsp3) is 0.477. The van der Waals surface area contributed by atoms with E-state index in [4.69, 9.17) is 11.6 Å². The van der Waals surface area contributed by atoms with Gasteiger partial charge in [-0.3, -0.25) is 34.3 Å². The van der Waals surface area contributed by atoms with Gasteiger partial charge in [0, 0.05) is 112 Å². The Morgan fingerprint density at radius 3 is 2.22 bits per heavy atom. The van der Waals surface area contributed by atoms with E-state index in [1.807, 2.05) is 41.3 Å². The van der Waals surface area contributed by atoms with E-state index < -0.39 is 24.1 Å². The van der Waals surface area contributed by atoms with Crippen LogP contribution in [0.5, 0.6) is 0 Å². The summed E-state index contributed by atoms with van der Waals surface area (Å²) in [6.45, 7) is 9.68. The Morgan fingerprint density at radius 2 is 1.52 bits per heavy atom. The lowest BCUT2D eigenvalue weighted by Crippen LogP contribution is -2.53. The molecule has 2 unspecified atom stereocenters. The van der Waals surface area contributed by atoms with Crippen molar-refractivity contribution in [1.82, 2.24) is 20.0 Å². The normalized spacial score (nSPS) is 24.7. The maximum Gasteiger partial charge on any atom is 0.257 e. The third-order valence-electron chi connectivity index (χ3n) is 13.6. The Hall–Kier alpha value is -5.16. The van der Waals surface area contributed by atoms with Crippen molar-refractivity contribution in [3.63, 3.8) is 0 Å². The van der Waals surface area contributed by atoms with Gasteiger partial charge in [0.25, 0.3) is 11.8 Å². The van der Waals surface area contributed by atoms with Crippen molar-refractivity contribution in [3.8, 4) is 6.07 Å². The first-order valence-electron chi connectivity index (χ1n) is 20.6. The smallest absolute Gasteiger partial charge is 0.257 e. The molecule has 4 amide bonds. The molecule has 6 aliphatic heterocycles. The molecule has 13 nitrogen and oxygen atoms in total. The molecule has 3 aromatic carbocycles. The van der Waals surface area contributed by atoms with Crippen LogP contribution < -0.4 is 20.0 Å². The largest absolute Gasteiger partial charge is 0.371 e. The second-order valence-electron chi connectivity index (χ2n) is 17.0. The van der Waals surface area contributed by atoms with Crippen LogP contribution >= 0.6 is 11.6 Å². The first kappa shape index (κ1) is 38.4. The molecular formula is C44H49ClN8O5. The number of hydrogen-bond acceptors (Lipinski definition) is 10. The van der Waals surface area contributed by atoms with Crippen LogP contribution in [-0.2, 0) is 9.59 Å². The van der Waals surface area contributed by atoms with Crippen LogP contribution in [0.2, 0.25) is 5.02 Å². The SMILES string of the molecule is N#Cc1ccc(N2CCC3(CC2)CCN(c2ccc(C(=O)N4CCN(C[C@@H]5CCN(c6ccc7c(c6)C(O)N(C6CCC(=O)NC6=O)C7=O)C5)CC4)cc2)C3)cc1Cl. The van der Waals surface area contributed by atoms with Crippen molar-refractivity contribution < 1.29 is 24.3 Å². The van der Waals surface area contributed by atoms with Crippen molar-refractivity contribution >= 4 is 52.3 Å². The number of nitrogens with one attached hydrogen (secondary N) is 1. The number of amides is 4. The first-order chi connectivity index (χ1) is 28.1. The summed E-state index contributed by atoms with van der Waals surface area (Å²) in [5.74, 6) is -0.771. The summed E-state index contributed by atoms with van der Waals surface area (Å²) in [6.07, 6.45) is 3.49. The standard InChI is InChI=1S/C44H49ClN8O5/c45-37-24-34(6-3-31(37)25-46)49-16-12-44(13-17-49)14-18-52(28-44)32-4-1-30(2-5-32)41(56)50-21-19-48(20-22-50)26-29-11-15-51(27-29)33-7-8-35-36(23-33)43(58)53(42(35)57)38-9-10-39(54)47-40(38)55/h1-8,23-24,29,38,43,58H,9-22,26-28H2,(H,47,54,55)/t29-,38?,43?/m0/s1. The molecular weight excluding hydrogens is 756 g/mol. The Balaban J connectivity index is 0.730. The molecule has 9 rings (SSSR count). The van der Waals surface area contributed by atoms with E-state index in [1.54, 1.807) is 12.1 Å². The van der Waals surface area contributed by atoms with Gasteiger partial charge in [-0.1, -0.05) is 11.6 Å². The summed E-state index contributed by atoms with van der Waals surface area (Å²) in [6, 6.07) is 20.7. The van der Waals surface area contributed by atoms with Gasteiger partial charge in [0.1, 0.15) is 12.1 Å². The van der Waals surface area contributed by atoms with E-state index in [1.165, 1.54) is 10.6 Å². The van der Waals surface area contributed by atoms with Gasteiger partial charge in [0.15, 0.2) is 6.23 Å². The number of nitrogens with zero attached hydrogens (tertiary/aromatic N) is 7. The van der Waals surface area contributed by atoms with Crippen molar-refractivity contribution in [3.05, 3.63) is 87.9 Å². The lowest BCUT2D eigenvalue weighted by molar-refractivity contribution is -0.139. The molecule has 0 aliphatic carbocycles. The van der Waals surface area contributed by atoms with Crippen molar-refractivity contribution in [2.75, 3.05) is 86.7 Å². The minimum Gasteiger partial charge on any atom is -0.371 e. The van der Waals surface area contributed by atoms with Gasteiger partial charge in [-0.2, -0.15) is 5.26 Å². The summed E-state index contributed by atoms with van der Waals surface area (Å²) in [5.41, 5.74) is 5.60. The van der Waals surface area contributed by atoms with Gasteiger partial charge in [0.05, 0.1) is 10.6 Å². The second-order valence-corrected chi connectivity index (χ2v) is 17.4. The number of nitriles is 1. The predicted octanol–water partition coefficient (Wildman–Crippen LogP) is 4.24. The van der Waals surface area contributed by atoms with E-state index in [-0.39, 0.29) is 30.1 Å². The minimum atomic E-state index is -1.24. The highest BCUT2D eigenvalue weighted by molar-refractivity contribution is 6.32. The topological polar surface area (TPSA) is 144 Å². The quantitative estimate of drug-likeness (QED) is 0.333. The van der Waals surface area contributed by atoms with E-state index >= 15 is 0 Å². The van der Waals surface area contributed by atoms with Crippen LogP contribution in [0.3, 0.4) is 0 Å². The zero-order valence-electron chi connectivity index (χ0n) is 32.6. The number of halogens is 1. The number of piperidine rings is 2. The van der Waals surface area contributed by atoms with Crippen molar-refractivity contribution in [1.29, 1.82) is 5.26 Å². The van der Waals surface area contributed by atoms with Crippen LogP contribution in [0.15, 0.2) is 60.7 Å². The summed E-state index contributed by atoms with van der Waals surface area (Å²) in [5, 5.41) is 23.2. The molecule has 3 atom stereocenters. The molecule has 1 spiro atoms. The van der Waals surface area contributed by atoms with Crippen LogP contribution in [0.4, 0.5) is 17.1 Å². The zero-order chi connectivity index (χ0) is 40.1. The number of piperazine rings is 1. The molecule has 2 N–H and O–H groups in total. The first-order valence-corrected chi connectivity index (χ1v) is 21.0. The van der Waals surface area contributed by atoms with E-state index in [9.17, 15) is 29.5 Å². The maximum atomic E-state index is 13.6. The zero-order valence-corrected chi connectivity index (χ0v) is 33.4. The predicted molar refractivity (Wildman–Crippen MR) is 220 cm³/mol. The maximum absolute atomic E-state index is 13.6. The van der Waals surface area contributed by atoms with Crippen molar-refractivity contribution in [2.45, 2.75) is 50.8 Å². The van der Waals surface area contributed by atoms with Gasteiger partial charge in [-0.15, -0.1) is 0 Å². The third-order valence-corrected chi connectivity index (χ3v) is 13.9. The number of aliphatic hydroxyl groups excluding tert-OH is 1. The number of carbonyl (C=O) groups excluding carboxylic acids is 4. The number of anilines is 3. The Morgan fingerprint density at radius 1 is 0.828 bits per heavy atom. The van der Waals surface area contributed by atoms with Crippen molar-refractivity contribution in [2.24, 2.45) is 11.3 Å². The van der Waals surface area contributed by atoms with E-state index in [0.29, 0.717) is 40.7 Å². The van der Waals surface area contributed by atoms with Crippen LogP contribution in [0.1, 0.15) is 76.6 Å². The van der Waals surface area contributed by atoms with Crippen LogP contribution in [0, 0.1) is 22.7 Å². The molecule has 5 fully saturated rings.